The summed E-state index contributed by atoms with van der Waals surface area (Å²) in [6.45, 7) is 2.10. The third-order valence-electron chi connectivity index (χ3n) is 4.05. The lowest BCUT2D eigenvalue weighted by Gasteiger charge is -2.19. The molecule has 0 aliphatic heterocycles. The number of aliphatic hydroxyl groups excluding tert-OH is 1. The zero-order valence-electron chi connectivity index (χ0n) is 11.5. The molecule has 0 saturated heterocycles. The maximum absolute atomic E-state index is 11.5. The lowest BCUT2D eigenvalue weighted by molar-refractivity contribution is 0.0698. The van der Waals surface area contributed by atoms with Crippen LogP contribution in [-0.4, -0.2) is 32.3 Å². The number of benzene rings is 1. The number of aliphatic hydroxyl groups is 1. The first-order valence-corrected chi connectivity index (χ1v) is 6.98. The highest BCUT2D eigenvalue weighted by Gasteiger charge is 2.46. The number of imidazole rings is 1. The standard InChI is InChI=1S/C15H18N2O3/c1-2-4-12-16-11-6-3-5-10(14(19)20)13(11)17(12)15(9-18)7-8-15/h3,5-6,18H,2,4,7-9H2,1H3,(H,19,20). The van der Waals surface area contributed by atoms with E-state index in [0.717, 1.165) is 31.5 Å². The Morgan fingerprint density at radius 2 is 2.20 bits per heavy atom. The molecule has 1 aliphatic rings. The van der Waals surface area contributed by atoms with E-state index in [1.807, 2.05) is 10.6 Å². The Balaban J connectivity index is 2.32. The molecule has 1 fully saturated rings. The van der Waals surface area contributed by atoms with Gasteiger partial charge in [0.15, 0.2) is 0 Å². The van der Waals surface area contributed by atoms with Gasteiger partial charge in [0.05, 0.1) is 28.7 Å². The van der Waals surface area contributed by atoms with Crippen molar-refractivity contribution in [2.24, 2.45) is 0 Å². The van der Waals surface area contributed by atoms with Crippen molar-refractivity contribution in [3.63, 3.8) is 0 Å². The summed E-state index contributed by atoms with van der Waals surface area (Å²) in [6, 6.07) is 5.16. The molecule has 0 atom stereocenters. The highest BCUT2D eigenvalue weighted by atomic mass is 16.4. The van der Waals surface area contributed by atoms with Gasteiger partial charge in [-0.2, -0.15) is 0 Å². The van der Waals surface area contributed by atoms with E-state index < -0.39 is 5.97 Å². The van der Waals surface area contributed by atoms with Crippen LogP contribution < -0.4 is 0 Å². The Hall–Kier alpha value is -1.88. The zero-order chi connectivity index (χ0) is 14.3. The molecule has 2 aromatic rings. The first-order chi connectivity index (χ1) is 9.63. The van der Waals surface area contributed by atoms with Gasteiger partial charge in [0.1, 0.15) is 5.82 Å². The van der Waals surface area contributed by atoms with Crippen molar-refractivity contribution in [3.8, 4) is 0 Å². The summed E-state index contributed by atoms with van der Waals surface area (Å²) >= 11 is 0. The first-order valence-electron chi connectivity index (χ1n) is 6.98. The van der Waals surface area contributed by atoms with E-state index in [2.05, 4.69) is 11.9 Å². The predicted octanol–water partition coefficient (Wildman–Crippen LogP) is 2.17. The van der Waals surface area contributed by atoms with E-state index in [9.17, 15) is 15.0 Å². The lowest BCUT2D eigenvalue weighted by atomic mass is 10.1. The van der Waals surface area contributed by atoms with Crippen LogP contribution >= 0.6 is 0 Å². The maximum Gasteiger partial charge on any atom is 0.337 e. The number of carbonyl (C=O) groups is 1. The Kier molecular flexibility index (Phi) is 3.01. The van der Waals surface area contributed by atoms with Crippen molar-refractivity contribution in [2.75, 3.05) is 6.61 Å². The van der Waals surface area contributed by atoms with Crippen molar-refractivity contribution < 1.29 is 15.0 Å². The highest BCUT2D eigenvalue weighted by Crippen LogP contribution is 2.46. The van der Waals surface area contributed by atoms with Gasteiger partial charge < -0.3 is 14.8 Å². The Morgan fingerprint density at radius 1 is 1.45 bits per heavy atom. The van der Waals surface area contributed by atoms with Crippen LogP contribution in [0.5, 0.6) is 0 Å². The first kappa shape index (κ1) is 13.1. The molecular formula is C15H18N2O3. The van der Waals surface area contributed by atoms with Crippen LogP contribution in [0.2, 0.25) is 0 Å². The van der Waals surface area contributed by atoms with Crippen molar-refractivity contribution in [2.45, 2.75) is 38.1 Å². The molecular weight excluding hydrogens is 256 g/mol. The largest absolute Gasteiger partial charge is 0.478 e. The molecule has 2 N–H and O–H groups in total. The van der Waals surface area contributed by atoms with Crippen LogP contribution in [0.4, 0.5) is 0 Å². The second kappa shape index (κ2) is 4.59. The summed E-state index contributed by atoms with van der Waals surface area (Å²) < 4.78 is 1.98. The molecule has 0 spiro atoms. The minimum absolute atomic E-state index is 0.0309. The van der Waals surface area contributed by atoms with Gasteiger partial charge in [-0.15, -0.1) is 0 Å². The second-order valence-corrected chi connectivity index (χ2v) is 5.47. The summed E-state index contributed by atoms with van der Waals surface area (Å²) in [5, 5.41) is 19.1. The van der Waals surface area contributed by atoms with Gasteiger partial charge >= 0.3 is 5.97 Å². The molecule has 5 nitrogen and oxygen atoms in total. The summed E-state index contributed by atoms with van der Waals surface area (Å²) in [4.78, 5) is 16.1. The summed E-state index contributed by atoms with van der Waals surface area (Å²) in [7, 11) is 0. The molecule has 1 aromatic heterocycles. The second-order valence-electron chi connectivity index (χ2n) is 5.47. The normalized spacial score (nSPS) is 16.5. The Morgan fingerprint density at radius 3 is 2.75 bits per heavy atom. The fraction of sp³-hybridized carbons (Fsp3) is 0.467. The van der Waals surface area contributed by atoms with E-state index in [-0.39, 0.29) is 17.7 Å². The van der Waals surface area contributed by atoms with Gasteiger partial charge in [-0.05, 0) is 31.4 Å². The topological polar surface area (TPSA) is 75.3 Å². The number of aromatic carboxylic acids is 1. The molecule has 3 rings (SSSR count). The van der Waals surface area contributed by atoms with Crippen molar-refractivity contribution in [1.82, 2.24) is 9.55 Å². The van der Waals surface area contributed by atoms with E-state index in [1.165, 1.54) is 0 Å². The average molecular weight is 274 g/mol. The summed E-state index contributed by atoms with van der Waals surface area (Å²) in [5.41, 5.74) is 1.27. The number of rotatable bonds is 5. The van der Waals surface area contributed by atoms with Gasteiger partial charge in [-0.1, -0.05) is 13.0 Å². The van der Waals surface area contributed by atoms with E-state index in [4.69, 9.17) is 0 Å². The molecule has 1 aliphatic carbocycles. The van der Waals surface area contributed by atoms with Crippen LogP contribution in [0.25, 0.3) is 11.0 Å². The zero-order valence-corrected chi connectivity index (χ0v) is 11.5. The fourth-order valence-electron chi connectivity index (χ4n) is 2.85. The van der Waals surface area contributed by atoms with Gasteiger partial charge in [-0.25, -0.2) is 9.78 Å². The average Bonchev–Trinajstić information content (AvgIpc) is 3.13. The minimum Gasteiger partial charge on any atom is -0.478 e. The quantitative estimate of drug-likeness (QED) is 0.876. The number of para-hydroxylation sites is 1. The van der Waals surface area contributed by atoms with E-state index >= 15 is 0 Å². The van der Waals surface area contributed by atoms with Gasteiger partial charge in [0.2, 0.25) is 0 Å². The van der Waals surface area contributed by atoms with Crippen LogP contribution in [-0.2, 0) is 12.0 Å². The number of carboxylic acids is 1. The monoisotopic (exact) mass is 274 g/mol. The maximum atomic E-state index is 11.5. The molecule has 5 heteroatoms. The van der Waals surface area contributed by atoms with Crippen molar-refractivity contribution in [3.05, 3.63) is 29.6 Å². The number of hydrogen-bond acceptors (Lipinski definition) is 3. The molecule has 1 aromatic carbocycles. The van der Waals surface area contributed by atoms with E-state index in [1.54, 1.807) is 12.1 Å². The number of aromatic nitrogens is 2. The van der Waals surface area contributed by atoms with Crippen molar-refractivity contribution >= 4 is 17.0 Å². The molecule has 106 valence electrons. The Labute approximate surface area is 116 Å². The van der Waals surface area contributed by atoms with Gasteiger partial charge in [0, 0.05) is 6.42 Å². The third-order valence-corrected chi connectivity index (χ3v) is 4.05. The lowest BCUT2D eigenvalue weighted by Crippen LogP contribution is -2.24. The molecule has 1 heterocycles. The SMILES string of the molecule is CCCc1nc2cccc(C(=O)O)c2n1C1(CO)CC1. The minimum atomic E-state index is -0.950. The molecule has 0 bridgehead atoms. The number of hydrogen-bond donors (Lipinski definition) is 2. The fourth-order valence-corrected chi connectivity index (χ4v) is 2.85. The molecule has 0 radical (unpaired) electrons. The van der Waals surface area contributed by atoms with Gasteiger partial charge in [0.25, 0.3) is 0 Å². The molecule has 0 amide bonds. The van der Waals surface area contributed by atoms with Gasteiger partial charge in [-0.3, -0.25) is 0 Å². The summed E-state index contributed by atoms with van der Waals surface area (Å²) in [6.07, 6.45) is 3.47. The number of nitrogens with zero attached hydrogens (tertiary/aromatic N) is 2. The van der Waals surface area contributed by atoms with Crippen LogP contribution in [0.15, 0.2) is 18.2 Å². The van der Waals surface area contributed by atoms with Crippen LogP contribution in [0.1, 0.15) is 42.4 Å². The molecule has 20 heavy (non-hydrogen) atoms. The Bertz CT molecular complexity index is 671. The number of aryl methyl sites for hydroxylation is 1. The molecule has 0 unspecified atom stereocenters. The highest BCUT2D eigenvalue weighted by molar-refractivity contribution is 6.01. The predicted molar refractivity (Wildman–Crippen MR) is 75.0 cm³/mol. The number of fused-ring (bicyclic) bond motifs is 1. The molecule has 1 saturated carbocycles. The summed E-state index contributed by atoms with van der Waals surface area (Å²) in [5.74, 6) is -0.0729. The van der Waals surface area contributed by atoms with E-state index in [0.29, 0.717) is 11.0 Å². The van der Waals surface area contributed by atoms with Crippen molar-refractivity contribution in [1.29, 1.82) is 0 Å². The third kappa shape index (κ3) is 1.81. The smallest absolute Gasteiger partial charge is 0.337 e. The van der Waals surface area contributed by atoms with Crippen LogP contribution in [0, 0.1) is 0 Å². The number of carboxylic acid groups (broad SMARTS) is 1. The van der Waals surface area contributed by atoms with Crippen LogP contribution in [0.3, 0.4) is 0 Å².